The fraction of sp³-hybridized carbons (Fsp3) is 0.312. The number of hydrogen-bond donors (Lipinski definition) is 3. The summed E-state index contributed by atoms with van der Waals surface area (Å²) in [6.07, 6.45) is 3.89. The highest BCUT2D eigenvalue weighted by atomic mass is 32.2. The molecular weight excluding hydrogens is 342 g/mol. The van der Waals surface area contributed by atoms with Gasteiger partial charge < -0.3 is 15.5 Å². The molecule has 0 aliphatic carbocycles. The first-order valence-electron chi connectivity index (χ1n) is 7.78. The Kier molecular flexibility index (Phi) is 5.56. The van der Waals surface area contributed by atoms with Crippen molar-refractivity contribution in [1.82, 2.24) is 21.1 Å². The Balaban J connectivity index is 1.57. The number of imide groups is 1. The number of amides is 3. The second-order valence-corrected chi connectivity index (χ2v) is 6.28. The van der Waals surface area contributed by atoms with Gasteiger partial charge in [0.2, 0.25) is 5.91 Å². The van der Waals surface area contributed by atoms with Crippen LogP contribution in [-0.2, 0) is 9.53 Å². The van der Waals surface area contributed by atoms with Crippen molar-refractivity contribution in [2.75, 3.05) is 26.0 Å². The van der Waals surface area contributed by atoms with Crippen molar-refractivity contribution < 1.29 is 14.3 Å². The molecule has 3 rings (SSSR count). The first kappa shape index (κ1) is 17.3. The molecular formula is C16H19N5O3S. The van der Waals surface area contributed by atoms with E-state index in [9.17, 15) is 9.59 Å². The van der Waals surface area contributed by atoms with E-state index in [-0.39, 0.29) is 17.7 Å². The summed E-state index contributed by atoms with van der Waals surface area (Å²) in [5, 5.41) is 7.40. The van der Waals surface area contributed by atoms with Crippen molar-refractivity contribution in [3.05, 3.63) is 42.1 Å². The van der Waals surface area contributed by atoms with Crippen molar-refractivity contribution in [3.63, 3.8) is 0 Å². The molecule has 0 saturated carbocycles. The van der Waals surface area contributed by atoms with E-state index in [1.807, 2.05) is 41.6 Å². The fourth-order valence-corrected chi connectivity index (χ4v) is 3.30. The third-order valence-corrected chi connectivity index (χ3v) is 4.58. The number of urea groups is 1. The van der Waals surface area contributed by atoms with E-state index in [2.05, 4.69) is 21.1 Å². The summed E-state index contributed by atoms with van der Waals surface area (Å²) in [5.41, 5.74) is 5.12. The van der Waals surface area contributed by atoms with Gasteiger partial charge in [-0.1, -0.05) is 30.0 Å². The lowest BCUT2D eigenvalue weighted by Crippen LogP contribution is -2.42. The number of thioether (sulfide) groups is 1. The van der Waals surface area contributed by atoms with Crippen molar-refractivity contribution in [1.29, 1.82) is 0 Å². The van der Waals surface area contributed by atoms with Crippen molar-refractivity contribution in [2.45, 2.75) is 6.04 Å². The predicted octanol–water partition coefficient (Wildman–Crippen LogP) is 1.27. The molecule has 1 aromatic rings. The molecule has 1 atom stereocenters. The number of rotatable bonds is 5. The van der Waals surface area contributed by atoms with Gasteiger partial charge in [0.05, 0.1) is 24.1 Å². The first-order chi connectivity index (χ1) is 12.2. The summed E-state index contributed by atoms with van der Waals surface area (Å²) in [6.45, 7) is 0.735. The molecule has 0 fully saturated rings. The number of nitrogens with zero attached hydrogens (tertiary/aromatic N) is 2. The van der Waals surface area contributed by atoms with E-state index >= 15 is 0 Å². The highest BCUT2D eigenvalue weighted by molar-refractivity contribution is 8.14. The van der Waals surface area contributed by atoms with E-state index in [4.69, 9.17) is 4.74 Å². The summed E-state index contributed by atoms with van der Waals surface area (Å²) in [4.78, 5) is 28.1. The Labute approximate surface area is 149 Å². The number of methoxy groups -OCH3 is 1. The van der Waals surface area contributed by atoms with Crippen LogP contribution in [0.2, 0.25) is 0 Å². The van der Waals surface area contributed by atoms with E-state index < -0.39 is 6.03 Å². The molecule has 0 unspecified atom stereocenters. The average molecular weight is 361 g/mol. The number of carbonyl (C=O) groups excluding carboxylic acids is 2. The number of ether oxygens (including phenoxy) is 1. The van der Waals surface area contributed by atoms with Crippen LogP contribution in [0, 0.1) is 0 Å². The van der Waals surface area contributed by atoms with Crippen LogP contribution in [0.4, 0.5) is 10.5 Å². The number of carbonyl (C=O) groups is 2. The predicted molar refractivity (Wildman–Crippen MR) is 96.3 cm³/mol. The van der Waals surface area contributed by atoms with Crippen LogP contribution in [0.5, 0.6) is 0 Å². The molecule has 132 valence electrons. The van der Waals surface area contributed by atoms with Gasteiger partial charge in [-0.25, -0.2) is 9.79 Å². The second-order valence-electron chi connectivity index (χ2n) is 5.34. The molecule has 2 aliphatic heterocycles. The van der Waals surface area contributed by atoms with Crippen LogP contribution >= 0.6 is 11.8 Å². The van der Waals surface area contributed by atoms with Gasteiger partial charge in [0.1, 0.15) is 0 Å². The lowest BCUT2D eigenvalue weighted by atomic mass is 10.0. The average Bonchev–Trinajstić information content (AvgIpc) is 3.10. The number of benzene rings is 1. The first-order valence-corrected chi connectivity index (χ1v) is 8.76. The van der Waals surface area contributed by atoms with Gasteiger partial charge in [-0.05, 0) is 12.1 Å². The molecule has 0 radical (unpaired) electrons. The molecule has 9 heteroatoms. The number of para-hydroxylation sites is 1. The van der Waals surface area contributed by atoms with Gasteiger partial charge in [-0.2, -0.15) is 0 Å². The fourth-order valence-electron chi connectivity index (χ4n) is 2.50. The Morgan fingerprint density at radius 3 is 3.08 bits per heavy atom. The molecule has 0 aromatic heterocycles. The summed E-state index contributed by atoms with van der Waals surface area (Å²) in [5.74, 6) is -0.297. The number of hydrazine groups is 1. The smallest absolute Gasteiger partial charge is 0.321 e. The summed E-state index contributed by atoms with van der Waals surface area (Å²) in [6, 6.07) is 7.42. The number of nitrogens with one attached hydrogen (secondary N) is 3. The number of hydrogen-bond acceptors (Lipinski definition) is 7. The van der Waals surface area contributed by atoms with E-state index in [1.54, 1.807) is 7.11 Å². The highest BCUT2D eigenvalue weighted by Crippen LogP contribution is 2.38. The number of amidine groups is 1. The van der Waals surface area contributed by atoms with Gasteiger partial charge in [-0.3, -0.25) is 15.1 Å². The second kappa shape index (κ2) is 8.04. The Hall–Kier alpha value is -2.52. The lowest BCUT2D eigenvalue weighted by molar-refractivity contribution is -0.117. The Morgan fingerprint density at radius 1 is 1.40 bits per heavy atom. The monoisotopic (exact) mass is 361 g/mol. The quantitative estimate of drug-likeness (QED) is 0.684. The number of aliphatic imine (C=N–C) groups is 1. The molecule has 3 amide bonds. The third-order valence-electron chi connectivity index (χ3n) is 3.62. The topological polar surface area (TPSA) is 95.1 Å². The molecule has 0 saturated heterocycles. The van der Waals surface area contributed by atoms with Crippen LogP contribution in [0.15, 0.2) is 41.5 Å². The lowest BCUT2D eigenvalue weighted by Gasteiger charge is -2.31. The zero-order valence-electron chi connectivity index (χ0n) is 13.7. The van der Waals surface area contributed by atoms with Crippen molar-refractivity contribution in [2.24, 2.45) is 4.99 Å². The van der Waals surface area contributed by atoms with Crippen molar-refractivity contribution >= 4 is 34.6 Å². The maximum Gasteiger partial charge on any atom is 0.321 e. The van der Waals surface area contributed by atoms with Gasteiger partial charge in [0.25, 0.3) is 0 Å². The zero-order valence-corrected chi connectivity index (χ0v) is 14.5. The summed E-state index contributed by atoms with van der Waals surface area (Å²) < 4.78 is 4.83. The summed E-state index contributed by atoms with van der Waals surface area (Å²) >= 11 is 1.27. The van der Waals surface area contributed by atoms with Crippen LogP contribution in [0.25, 0.3) is 0 Å². The maximum absolute atomic E-state index is 11.9. The maximum atomic E-state index is 11.9. The van der Waals surface area contributed by atoms with Crippen LogP contribution < -0.4 is 16.1 Å². The molecule has 0 spiro atoms. The molecule has 0 bridgehead atoms. The van der Waals surface area contributed by atoms with Gasteiger partial charge >= 0.3 is 6.03 Å². The standard InChI is InChI=1S/C16H19N5O3S/c1-24-9-8-17-15(23)20-14(22)10-25-16-19-12-5-3-2-4-11(12)13-6-7-18-21(13)16/h2-7,13,18H,8-10H2,1H3,(H2,17,20,22,23)/t13-/m1/s1. The molecule has 3 N–H and O–H groups in total. The highest BCUT2D eigenvalue weighted by Gasteiger charge is 2.31. The minimum absolute atomic E-state index is 0.0524. The Bertz CT molecular complexity index is 721. The molecule has 25 heavy (non-hydrogen) atoms. The van der Waals surface area contributed by atoms with Crippen LogP contribution in [0.1, 0.15) is 11.6 Å². The van der Waals surface area contributed by atoms with Crippen LogP contribution in [0.3, 0.4) is 0 Å². The van der Waals surface area contributed by atoms with Gasteiger partial charge in [0.15, 0.2) is 5.17 Å². The van der Waals surface area contributed by atoms with E-state index in [0.717, 1.165) is 11.3 Å². The van der Waals surface area contributed by atoms with Gasteiger partial charge in [-0.15, -0.1) is 0 Å². The normalized spacial score (nSPS) is 17.2. The van der Waals surface area contributed by atoms with Crippen LogP contribution in [-0.4, -0.2) is 48.1 Å². The van der Waals surface area contributed by atoms with E-state index in [1.165, 1.54) is 11.8 Å². The Morgan fingerprint density at radius 2 is 2.24 bits per heavy atom. The third kappa shape index (κ3) is 4.12. The minimum Gasteiger partial charge on any atom is -0.383 e. The number of fused-ring (bicyclic) bond motifs is 3. The molecule has 8 nitrogen and oxygen atoms in total. The SMILES string of the molecule is COCCNC(=O)NC(=O)CSC1=Nc2ccccc2[C@H]2C=CNN12. The molecule has 1 aromatic carbocycles. The largest absolute Gasteiger partial charge is 0.383 e. The minimum atomic E-state index is -0.530. The van der Waals surface area contributed by atoms with Crippen molar-refractivity contribution in [3.8, 4) is 0 Å². The zero-order chi connectivity index (χ0) is 17.6. The molecule has 2 heterocycles. The summed E-state index contributed by atoms with van der Waals surface area (Å²) in [7, 11) is 1.54. The van der Waals surface area contributed by atoms with Gasteiger partial charge in [0, 0.05) is 25.4 Å². The molecule has 2 aliphatic rings. The van der Waals surface area contributed by atoms with E-state index in [0.29, 0.717) is 18.3 Å².